The molecule has 2 heterocycles. The molecule has 1 aromatic heterocycles. The minimum absolute atomic E-state index is 0.0746. The Morgan fingerprint density at radius 3 is 2.38 bits per heavy atom. The Hall–Kier alpha value is -2.52. The normalized spacial score (nSPS) is 14.7. The molecule has 1 aliphatic rings. The molecule has 0 N–H and O–H groups in total. The van der Waals surface area contributed by atoms with Crippen LogP contribution in [-0.4, -0.2) is 108 Å². The monoisotopic (exact) mass is 594 g/mol. The number of carbonyl (C=O) groups is 1. The van der Waals surface area contributed by atoms with E-state index in [2.05, 4.69) is 9.88 Å². The van der Waals surface area contributed by atoms with E-state index in [1.54, 1.807) is 11.0 Å². The third-order valence-corrected chi connectivity index (χ3v) is 9.56. The summed E-state index contributed by atoms with van der Waals surface area (Å²) in [5.74, 6) is -0.671. The summed E-state index contributed by atoms with van der Waals surface area (Å²) in [4.78, 5) is 22.3. The number of nitrogens with zero attached hydrogens (tertiary/aromatic N) is 4. The predicted octanol–water partition coefficient (Wildman–Crippen LogP) is 3.09. The molecule has 2 aromatic carbocycles. The van der Waals surface area contributed by atoms with Crippen LogP contribution in [0, 0.1) is 5.82 Å². The molecule has 0 spiro atoms. The number of sulfonamides is 1. The van der Waals surface area contributed by atoms with Crippen molar-refractivity contribution in [2.75, 3.05) is 84.8 Å². The van der Waals surface area contributed by atoms with Gasteiger partial charge in [-0.2, -0.15) is 4.31 Å². The maximum absolute atomic E-state index is 13.8. The number of anilines is 1. The molecule has 1 aliphatic heterocycles. The summed E-state index contributed by atoms with van der Waals surface area (Å²) in [5, 5.41) is 0.467. The summed E-state index contributed by atoms with van der Waals surface area (Å²) in [6.45, 7) is 5.10. The lowest BCUT2D eigenvalue weighted by atomic mass is 10.2. The number of rotatable bonds is 14. The van der Waals surface area contributed by atoms with Gasteiger partial charge in [-0.1, -0.05) is 11.3 Å². The Kier molecular flexibility index (Phi) is 11.0. The van der Waals surface area contributed by atoms with E-state index in [-0.39, 0.29) is 42.9 Å². The molecule has 0 atom stereocenters. The molecule has 10 nitrogen and oxygen atoms in total. The lowest BCUT2D eigenvalue weighted by Gasteiger charge is -2.27. The van der Waals surface area contributed by atoms with Crippen LogP contribution in [0.4, 0.5) is 9.52 Å². The standard InChI is InChI=1S/C27H35FN4O6S2/c1-36-16-14-31(15-17-37-2)40(34,35)23-7-4-21(5-8-23)26(33)32(11-3-10-30-12-18-38-19-13-30)27-29-24-9-6-22(28)20-25(24)39-27/h4-9,20H,3,10-19H2,1-2H3. The van der Waals surface area contributed by atoms with E-state index in [1.807, 2.05) is 0 Å². The van der Waals surface area contributed by atoms with Crippen LogP contribution in [0.1, 0.15) is 16.8 Å². The van der Waals surface area contributed by atoms with Crippen LogP contribution in [0.2, 0.25) is 0 Å². The molecule has 218 valence electrons. The second-order valence-corrected chi connectivity index (χ2v) is 12.2. The lowest BCUT2D eigenvalue weighted by molar-refractivity contribution is 0.0376. The third kappa shape index (κ3) is 7.60. The number of hydrogen-bond acceptors (Lipinski definition) is 9. The van der Waals surface area contributed by atoms with Gasteiger partial charge >= 0.3 is 0 Å². The van der Waals surface area contributed by atoms with Crippen LogP contribution in [0.3, 0.4) is 0 Å². The first kappa shape index (κ1) is 30.4. The van der Waals surface area contributed by atoms with E-state index in [0.29, 0.717) is 47.1 Å². The van der Waals surface area contributed by atoms with Gasteiger partial charge in [0.15, 0.2) is 5.13 Å². The minimum Gasteiger partial charge on any atom is -0.383 e. The van der Waals surface area contributed by atoms with Crippen molar-refractivity contribution >= 4 is 42.6 Å². The summed E-state index contributed by atoms with van der Waals surface area (Å²) in [6, 6.07) is 10.3. The molecule has 1 fully saturated rings. The summed E-state index contributed by atoms with van der Waals surface area (Å²) < 4.78 is 57.9. The van der Waals surface area contributed by atoms with Crippen LogP contribution in [0.15, 0.2) is 47.4 Å². The number of thiazole rings is 1. The molecule has 3 aromatic rings. The fourth-order valence-corrected chi connectivity index (χ4v) is 6.80. The fraction of sp³-hybridized carbons (Fsp3) is 0.481. The number of fused-ring (bicyclic) bond motifs is 1. The van der Waals surface area contributed by atoms with Gasteiger partial charge in [0.1, 0.15) is 5.82 Å². The van der Waals surface area contributed by atoms with Crippen molar-refractivity contribution in [3.05, 3.63) is 53.8 Å². The molecule has 0 saturated carbocycles. The lowest BCUT2D eigenvalue weighted by Crippen LogP contribution is -2.39. The van der Waals surface area contributed by atoms with E-state index < -0.39 is 10.0 Å². The summed E-state index contributed by atoms with van der Waals surface area (Å²) in [7, 11) is -0.801. The highest BCUT2D eigenvalue weighted by molar-refractivity contribution is 7.89. The van der Waals surface area contributed by atoms with E-state index in [9.17, 15) is 17.6 Å². The number of aromatic nitrogens is 1. The largest absolute Gasteiger partial charge is 0.383 e. The smallest absolute Gasteiger partial charge is 0.260 e. The van der Waals surface area contributed by atoms with Crippen molar-refractivity contribution in [3.63, 3.8) is 0 Å². The summed E-state index contributed by atoms with van der Waals surface area (Å²) in [5.41, 5.74) is 0.942. The van der Waals surface area contributed by atoms with Crippen molar-refractivity contribution in [2.24, 2.45) is 0 Å². The molecule has 0 bridgehead atoms. The first-order valence-electron chi connectivity index (χ1n) is 13.1. The molecule has 1 amide bonds. The Morgan fingerprint density at radius 1 is 1.05 bits per heavy atom. The van der Waals surface area contributed by atoms with Gasteiger partial charge in [0.25, 0.3) is 5.91 Å². The topological polar surface area (TPSA) is 102 Å². The van der Waals surface area contributed by atoms with Gasteiger partial charge in [0, 0.05) is 59.1 Å². The molecule has 0 unspecified atom stereocenters. The molecule has 4 rings (SSSR count). The average Bonchev–Trinajstić information content (AvgIpc) is 3.38. The second kappa shape index (κ2) is 14.4. The summed E-state index contributed by atoms with van der Waals surface area (Å²) >= 11 is 1.25. The van der Waals surface area contributed by atoms with Crippen LogP contribution in [-0.2, 0) is 24.2 Å². The minimum atomic E-state index is -3.82. The Labute approximate surface area is 238 Å². The van der Waals surface area contributed by atoms with E-state index in [1.165, 1.54) is 66.3 Å². The number of carbonyl (C=O) groups excluding carboxylic acids is 1. The van der Waals surface area contributed by atoms with Crippen molar-refractivity contribution in [3.8, 4) is 0 Å². The third-order valence-electron chi connectivity index (χ3n) is 6.60. The van der Waals surface area contributed by atoms with E-state index >= 15 is 0 Å². The van der Waals surface area contributed by atoms with Crippen molar-refractivity contribution in [1.29, 1.82) is 0 Å². The number of methoxy groups -OCH3 is 2. The summed E-state index contributed by atoms with van der Waals surface area (Å²) in [6.07, 6.45) is 0.705. The van der Waals surface area contributed by atoms with Crippen LogP contribution in [0.5, 0.6) is 0 Å². The molecule has 0 aliphatic carbocycles. The zero-order valence-electron chi connectivity index (χ0n) is 22.8. The quantitative estimate of drug-likeness (QED) is 0.281. The van der Waals surface area contributed by atoms with Gasteiger partial charge < -0.3 is 14.2 Å². The number of benzene rings is 2. The second-order valence-electron chi connectivity index (χ2n) is 9.29. The highest BCUT2D eigenvalue weighted by Gasteiger charge is 2.26. The first-order valence-corrected chi connectivity index (χ1v) is 15.4. The highest BCUT2D eigenvalue weighted by Crippen LogP contribution is 2.31. The van der Waals surface area contributed by atoms with Crippen LogP contribution < -0.4 is 4.90 Å². The number of ether oxygens (including phenoxy) is 3. The maximum atomic E-state index is 13.8. The Balaban J connectivity index is 1.56. The zero-order chi connectivity index (χ0) is 28.5. The van der Waals surface area contributed by atoms with Gasteiger partial charge in [0.2, 0.25) is 10.0 Å². The molecular weight excluding hydrogens is 559 g/mol. The fourth-order valence-electron chi connectivity index (χ4n) is 4.38. The first-order chi connectivity index (χ1) is 19.3. The van der Waals surface area contributed by atoms with Gasteiger partial charge in [-0.05, 0) is 48.9 Å². The molecule has 0 radical (unpaired) electrons. The van der Waals surface area contributed by atoms with Gasteiger partial charge in [0.05, 0.1) is 41.5 Å². The Morgan fingerprint density at radius 2 is 1.73 bits per heavy atom. The maximum Gasteiger partial charge on any atom is 0.260 e. The van der Waals surface area contributed by atoms with E-state index in [0.717, 1.165) is 19.6 Å². The number of hydrogen-bond donors (Lipinski definition) is 0. The number of morpholine rings is 1. The van der Waals surface area contributed by atoms with Gasteiger partial charge in [-0.25, -0.2) is 17.8 Å². The van der Waals surface area contributed by atoms with Gasteiger partial charge in [-0.3, -0.25) is 14.6 Å². The van der Waals surface area contributed by atoms with Gasteiger partial charge in [-0.15, -0.1) is 0 Å². The van der Waals surface area contributed by atoms with Crippen LogP contribution in [0.25, 0.3) is 10.2 Å². The number of halogens is 1. The molecule has 40 heavy (non-hydrogen) atoms. The van der Waals surface area contributed by atoms with Crippen molar-refractivity contribution in [2.45, 2.75) is 11.3 Å². The molecule has 13 heteroatoms. The number of amides is 1. The van der Waals surface area contributed by atoms with E-state index in [4.69, 9.17) is 14.2 Å². The average molecular weight is 595 g/mol. The SMILES string of the molecule is COCCN(CCOC)S(=O)(=O)c1ccc(C(=O)N(CCCN2CCOCC2)c2nc3ccc(F)cc3s2)cc1. The molecular formula is C27H35FN4O6S2. The molecule has 1 saturated heterocycles. The van der Waals surface area contributed by atoms with Crippen LogP contribution >= 0.6 is 11.3 Å². The van der Waals surface area contributed by atoms with Crippen molar-refractivity contribution in [1.82, 2.24) is 14.2 Å². The Bertz CT molecular complexity index is 1360. The predicted molar refractivity (Wildman–Crippen MR) is 152 cm³/mol. The highest BCUT2D eigenvalue weighted by atomic mass is 32.2. The zero-order valence-corrected chi connectivity index (χ0v) is 24.4. The van der Waals surface area contributed by atoms with Crippen molar-refractivity contribution < 1.29 is 31.8 Å².